The first kappa shape index (κ1) is 23.8. The maximum atomic E-state index is 13.2. The molecule has 1 heterocycles. The first-order valence-electron chi connectivity index (χ1n) is 13.6. The highest BCUT2D eigenvalue weighted by molar-refractivity contribution is 5.94. The number of benzene rings is 1. The molecule has 4 aliphatic carbocycles. The van der Waals surface area contributed by atoms with Crippen molar-refractivity contribution in [3.63, 3.8) is 0 Å². The Balaban J connectivity index is 1.01. The van der Waals surface area contributed by atoms with E-state index < -0.39 is 0 Å². The normalized spacial score (nSPS) is 30.9. The number of hydrogen-bond donors (Lipinski definition) is 2. The van der Waals surface area contributed by atoms with Crippen molar-refractivity contribution in [1.29, 1.82) is 0 Å². The van der Waals surface area contributed by atoms with Crippen LogP contribution < -0.4 is 10.6 Å². The van der Waals surface area contributed by atoms with Gasteiger partial charge in [-0.15, -0.1) is 0 Å². The zero-order chi connectivity index (χ0) is 23.5. The molecule has 5 fully saturated rings. The summed E-state index contributed by atoms with van der Waals surface area (Å²) in [5.41, 5.74) is 1.65. The van der Waals surface area contributed by atoms with Gasteiger partial charge in [0.2, 0.25) is 5.91 Å². The number of amides is 2. The number of hydrogen-bond acceptors (Lipinski definition) is 4. The van der Waals surface area contributed by atoms with Gasteiger partial charge < -0.3 is 20.4 Å². The Morgan fingerprint density at radius 3 is 2.12 bits per heavy atom. The minimum Gasteiger partial charge on any atom is -0.352 e. The number of nitrogens with one attached hydrogen (secondary N) is 2. The average molecular weight is 467 g/mol. The molecule has 1 aliphatic heterocycles. The first-order chi connectivity index (χ1) is 16.5. The van der Waals surface area contributed by atoms with Crippen LogP contribution in [0.5, 0.6) is 0 Å². The molecule has 5 aliphatic rings. The van der Waals surface area contributed by atoms with Crippen molar-refractivity contribution in [3.8, 4) is 0 Å². The van der Waals surface area contributed by atoms with Gasteiger partial charge in [-0.3, -0.25) is 9.59 Å². The van der Waals surface area contributed by atoms with Crippen LogP contribution in [0, 0.1) is 23.2 Å². The van der Waals surface area contributed by atoms with Gasteiger partial charge in [-0.25, -0.2) is 0 Å². The van der Waals surface area contributed by atoms with Crippen molar-refractivity contribution in [2.75, 3.05) is 46.3 Å². The number of carbonyl (C=O) groups excluding carboxylic acids is 2. The molecule has 34 heavy (non-hydrogen) atoms. The minimum atomic E-state index is -0.0983. The van der Waals surface area contributed by atoms with Crippen LogP contribution >= 0.6 is 0 Å². The van der Waals surface area contributed by atoms with Gasteiger partial charge in [0, 0.05) is 50.2 Å². The molecule has 1 aromatic carbocycles. The smallest absolute Gasteiger partial charge is 0.251 e. The molecule has 0 unspecified atom stereocenters. The average Bonchev–Trinajstić information content (AvgIpc) is 2.83. The van der Waals surface area contributed by atoms with E-state index in [0.29, 0.717) is 12.1 Å². The van der Waals surface area contributed by atoms with E-state index in [2.05, 4.69) is 27.5 Å². The SMILES string of the molecule is CN1CCN(CCCCNC(=O)c2ccc(CNC(=O)C34CC5CC(CC(C5)C3)C4)cc2)CC1. The van der Waals surface area contributed by atoms with Crippen LogP contribution in [0.15, 0.2) is 24.3 Å². The Labute approximate surface area is 204 Å². The predicted octanol–water partition coefficient (Wildman–Crippen LogP) is 3.28. The van der Waals surface area contributed by atoms with Crippen LogP contribution in [0.1, 0.15) is 67.3 Å². The molecular weight excluding hydrogens is 424 g/mol. The summed E-state index contributed by atoms with van der Waals surface area (Å²) in [4.78, 5) is 30.5. The zero-order valence-electron chi connectivity index (χ0n) is 20.9. The van der Waals surface area contributed by atoms with E-state index in [0.717, 1.165) is 94.7 Å². The lowest BCUT2D eigenvalue weighted by atomic mass is 9.49. The van der Waals surface area contributed by atoms with Crippen LogP contribution in [0.25, 0.3) is 0 Å². The summed E-state index contributed by atoms with van der Waals surface area (Å²) in [5, 5.41) is 6.29. The molecule has 0 atom stereocenters. The zero-order valence-corrected chi connectivity index (χ0v) is 20.9. The van der Waals surface area contributed by atoms with Gasteiger partial charge in [-0.1, -0.05) is 12.1 Å². The summed E-state index contributed by atoms with van der Waals surface area (Å²) in [6.07, 6.45) is 9.47. The Morgan fingerprint density at radius 1 is 0.882 bits per heavy atom. The van der Waals surface area contributed by atoms with Gasteiger partial charge in [0.05, 0.1) is 0 Å². The third-order valence-electron chi connectivity index (χ3n) is 8.97. The second-order valence-corrected chi connectivity index (χ2v) is 11.7. The Hall–Kier alpha value is -1.92. The lowest BCUT2D eigenvalue weighted by Gasteiger charge is -2.55. The summed E-state index contributed by atoms with van der Waals surface area (Å²) in [6, 6.07) is 7.71. The van der Waals surface area contributed by atoms with Crippen LogP contribution in [-0.2, 0) is 11.3 Å². The van der Waals surface area contributed by atoms with E-state index in [1.807, 2.05) is 24.3 Å². The molecule has 186 valence electrons. The molecule has 0 aromatic heterocycles. The van der Waals surface area contributed by atoms with Crippen LogP contribution in [0.2, 0.25) is 0 Å². The van der Waals surface area contributed by atoms with Gasteiger partial charge in [-0.05, 0) is 100 Å². The summed E-state index contributed by atoms with van der Waals surface area (Å²) in [7, 11) is 2.18. The molecule has 2 amide bonds. The fraction of sp³-hybridized carbons (Fsp3) is 0.714. The van der Waals surface area contributed by atoms with Gasteiger partial charge in [-0.2, -0.15) is 0 Å². The third-order valence-corrected chi connectivity index (χ3v) is 8.97. The number of rotatable bonds is 9. The summed E-state index contributed by atoms with van der Waals surface area (Å²) < 4.78 is 0. The topological polar surface area (TPSA) is 64.7 Å². The molecule has 0 radical (unpaired) electrons. The minimum absolute atomic E-state index is 0.0104. The van der Waals surface area contributed by atoms with Crippen molar-refractivity contribution < 1.29 is 9.59 Å². The first-order valence-corrected chi connectivity index (χ1v) is 13.6. The molecular formula is C28H42N4O2. The Bertz CT molecular complexity index is 824. The Morgan fingerprint density at radius 2 is 1.50 bits per heavy atom. The van der Waals surface area contributed by atoms with Crippen molar-refractivity contribution in [1.82, 2.24) is 20.4 Å². The fourth-order valence-electron chi connectivity index (χ4n) is 7.37. The maximum absolute atomic E-state index is 13.2. The third kappa shape index (κ3) is 5.49. The van der Waals surface area contributed by atoms with E-state index in [4.69, 9.17) is 0 Å². The lowest BCUT2D eigenvalue weighted by Crippen LogP contribution is -2.53. The molecule has 2 N–H and O–H groups in total. The van der Waals surface area contributed by atoms with Crippen molar-refractivity contribution >= 4 is 11.8 Å². The maximum Gasteiger partial charge on any atom is 0.251 e. The monoisotopic (exact) mass is 466 g/mol. The molecule has 0 spiro atoms. The van der Waals surface area contributed by atoms with E-state index in [-0.39, 0.29) is 17.2 Å². The highest BCUT2D eigenvalue weighted by Crippen LogP contribution is 2.60. The standard InChI is InChI=1S/C28H42N4O2/c1-31-10-12-32(13-11-31)9-3-2-8-29-26(33)25-6-4-21(5-7-25)20-30-27(34)28-17-22-14-23(18-28)16-24(15-22)19-28/h4-7,22-24H,2-3,8-20H2,1H3,(H,29,33)(H,30,34). The molecule has 1 aromatic rings. The second-order valence-electron chi connectivity index (χ2n) is 11.7. The van der Waals surface area contributed by atoms with Crippen LogP contribution in [-0.4, -0.2) is 67.9 Å². The predicted molar refractivity (Wildman–Crippen MR) is 134 cm³/mol. The number of nitrogens with zero attached hydrogens (tertiary/aromatic N) is 2. The van der Waals surface area contributed by atoms with E-state index in [1.165, 1.54) is 19.3 Å². The van der Waals surface area contributed by atoms with Gasteiger partial charge >= 0.3 is 0 Å². The molecule has 6 nitrogen and oxygen atoms in total. The van der Waals surface area contributed by atoms with E-state index >= 15 is 0 Å². The molecule has 6 rings (SSSR count). The summed E-state index contributed by atoms with van der Waals surface area (Å²) in [6.45, 7) is 6.99. The van der Waals surface area contributed by atoms with Crippen LogP contribution in [0.3, 0.4) is 0 Å². The highest BCUT2D eigenvalue weighted by Gasteiger charge is 2.54. The number of carbonyl (C=O) groups is 2. The van der Waals surface area contributed by atoms with Crippen molar-refractivity contribution in [2.45, 2.75) is 57.9 Å². The largest absolute Gasteiger partial charge is 0.352 e. The molecule has 1 saturated heterocycles. The van der Waals surface area contributed by atoms with E-state index in [1.54, 1.807) is 0 Å². The fourth-order valence-corrected chi connectivity index (χ4v) is 7.37. The number of piperazine rings is 1. The second kappa shape index (κ2) is 10.4. The Kier molecular flexibility index (Phi) is 7.26. The van der Waals surface area contributed by atoms with E-state index in [9.17, 15) is 9.59 Å². The van der Waals surface area contributed by atoms with Crippen molar-refractivity contribution in [3.05, 3.63) is 35.4 Å². The summed E-state index contributed by atoms with van der Waals surface area (Å²) in [5.74, 6) is 2.60. The molecule has 6 heteroatoms. The quantitative estimate of drug-likeness (QED) is 0.548. The number of likely N-dealkylation sites (N-methyl/N-ethyl adjacent to an activating group) is 1. The van der Waals surface area contributed by atoms with Gasteiger partial charge in [0.1, 0.15) is 0 Å². The molecule has 4 saturated carbocycles. The van der Waals surface area contributed by atoms with Gasteiger partial charge in [0.15, 0.2) is 0 Å². The molecule has 4 bridgehead atoms. The summed E-state index contributed by atoms with van der Waals surface area (Å²) >= 11 is 0. The lowest BCUT2D eigenvalue weighted by molar-refractivity contribution is -0.146. The van der Waals surface area contributed by atoms with Crippen LogP contribution in [0.4, 0.5) is 0 Å². The van der Waals surface area contributed by atoms with Gasteiger partial charge in [0.25, 0.3) is 5.91 Å². The highest BCUT2D eigenvalue weighted by atomic mass is 16.2. The van der Waals surface area contributed by atoms with Crippen molar-refractivity contribution in [2.24, 2.45) is 23.2 Å². The number of unbranched alkanes of at least 4 members (excludes halogenated alkanes) is 1.